The molecule has 1 amide bonds. The first-order valence-electron chi connectivity index (χ1n) is 8.24. The Hall–Kier alpha value is -2.35. The van der Waals surface area contributed by atoms with E-state index in [9.17, 15) is 23.1 Å². The van der Waals surface area contributed by atoms with Crippen LogP contribution in [0.1, 0.15) is 47.3 Å². The molecule has 1 atom stereocenters. The van der Waals surface area contributed by atoms with Crippen molar-refractivity contribution in [2.24, 2.45) is 13.0 Å². The molecule has 0 spiro atoms. The van der Waals surface area contributed by atoms with Crippen LogP contribution in [0.4, 0.5) is 13.2 Å². The molecule has 0 saturated carbocycles. The fraction of sp³-hybridized carbons (Fsp3) is 0.444. The van der Waals surface area contributed by atoms with E-state index in [1.807, 2.05) is 0 Å². The maximum absolute atomic E-state index is 12.6. The molecule has 142 valence electrons. The normalized spacial score (nSPS) is 13.1. The number of aliphatic hydroxyl groups excluding tert-OH is 1. The molecular weight excluding hydrogens is 347 g/mol. The fourth-order valence-corrected chi connectivity index (χ4v) is 2.55. The Morgan fingerprint density at radius 1 is 1.27 bits per heavy atom. The van der Waals surface area contributed by atoms with E-state index in [1.54, 1.807) is 13.1 Å². The predicted octanol–water partition coefficient (Wildman–Crippen LogP) is 3.10. The van der Waals surface area contributed by atoms with Gasteiger partial charge in [-0.2, -0.15) is 18.3 Å². The molecule has 0 saturated heterocycles. The van der Waals surface area contributed by atoms with Crippen LogP contribution < -0.4 is 5.32 Å². The third-order valence-corrected chi connectivity index (χ3v) is 3.86. The van der Waals surface area contributed by atoms with Crippen molar-refractivity contribution in [2.45, 2.75) is 32.5 Å². The molecule has 5 nitrogen and oxygen atoms in total. The van der Waals surface area contributed by atoms with Gasteiger partial charge in [-0.25, -0.2) is 0 Å². The number of benzene rings is 1. The van der Waals surface area contributed by atoms with Gasteiger partial charge in [0.2, 0.25) is 0 Å². The van der Waals surface area contributed by atoms with Crippen molar-refractivity contribution in [1.29, 1.82) is 0 Å². The second-order valence-corrected chi connectivity index (χ2v) is 6.59. The highest BCUT2D eigenvalue weighted by atomic mass is 19.4. The number of amides is 1. The van der Waals surface area contributed by atoms with E-state index in [1.165, 1.54) is 16.8 Å². The molecule has 2 N–H and O–H groups in total. The van der Waals surface area contributed by atoms with Crippen LogP contribution in [0.5, 0.6) is 0 Å². The van der Waals surface area contributed by atoms with Gasteiger partial charge in [0, 0.05) is 13.6 Å². The van der Waals surface area contributed by atoms with Crippen LogP contribution in [0.3, 0.4) is 0 Å². The first-order valence-corrected chi connectivity index (χ1v) is 8.24. The van der Waals surface area contributed by atoms with Gasteiger partial charge in [-0.05, 0) is 36.1 Å². The average molecular weight is 369 g/mol. The third kappa shape index (κ3) is 5.08. The smallest absolute Gasteiger partial charge is 0.387 e. The summed E-state index contributed by atoms with van der Waals surface area (Å²) >= 11 is 0. The van der Waals surface area contributed by atoms with Crippen LogP contribution >= 0.6 is 0 Å². The highest BCUT2D eigenvalue weighted by Gasteiger charge is 2.30. The largest absolute Gasteiger partial charge is 0.416 e. The Balaban J connectivity index is 1.97. The molecule has 8 heteroatoms. The Morgan fingerprint density at radius 3 is 2.42 bits per heavy atom. The minimum atomic E-state index is -4.43. The first kappa shape index (κ1) is 20.0. The topological polar surface area (TPSA) is 67.2 Å². The summed E-state index contributed by atoms with van der Waals surface area (Å²) in [6, 6.07) is 5.90. The zero-order valence-corrected chi connectivity index (χ0v) is 14.8. The van der Waals surface area contributed by atoms with Crippen molar-refractivity contribution >= 4 is 5.91 Å². The molecular formula is C18H22F3N3O2. The molecule has 0 bridgehead atoms. The number of hydrogen-bond acceptors (Lipinski definition) is 3. The van der Waals surface area contributed by atoms with Crippen LogP contribution in [0, 0.1) is 5.92 Å². The summed E-state index contributed by atoms with van der Waals surface area (Å²) in [4.78, 5) is 12.3. The standard InChI is InChI=1S/C18H22F3N3O2/c1-11(2)8-14-9-15(24(3)23-14)17(26)22-10-16(25)12-4-6-13(7-5-12)18(19,20)21/h4-7,9,11,16,25H,8,10H2,1-3H3,(H,22,26)/t16-/m0/s1. The van der Waals surface area contributed by atoms with Crippen LogP contribution in [-0.2, 0) is 19.6 Å². The molecule has 0 aliphatic rings. The van der Waals surface area contributed by atoms with Gasteiger partial charge < -0.3 is 10.4 Å². The maximum atomic E-state index is 12.6. The lowest BCUT2D eigenvalue weighted by Gasteiger charge is -2.13. The quantitative estimate of drug-likeness (QED) is 0.822. The third-order valence-electron chi connectivity index (χ3n) is 3.86. The van der Waals surface area contributed by atoms with Crippen LogP contribution in [0.25, 0.3) is 0 Å². The molecule has 1 aromatic carbocycles. The van der Waals surface area contributed by atoms with Crippen molar-refractivity contribution in [3.8, 4) is 0 Å². The van der Waals surface area contributed by atoms with E-state index >= 15 is 0 Å². The van der Waals surface area contributed by atoms with E-state index < -0.39 is 23.8 Å². The van der Waals surface area contributed by atoms with Gasteiger partial charge in [0.25, 0.3) is 5.91 Å². The lowest BCUT2D eigenvalue weighted by molar-refractivity contribution is -0.137. The van der Waals surface area contributed by atoms with E-state index in [0.717, 1.165) is 24.2 Å². The number of aromatic nitrogens is 2. The van der Waals surface area contributed by atoms with Crippen molar-refractivity contribution in [3.63, 3.8) is 0 Å². The summed E-state index contributed by atoms with van der Waals surface area (Å²) in [5, 5.41) is 16.9. The monoisotopic (exact) mass is 369 g/mol. The van der Waals surface area contributed by atoms with E-state index in [4.69, 9.17) is 0 Å². The van der Waals surface area contributed by atoms with Gasteiger partial charge in [0.05, 0.1) is 17.4 Å². The van der Waals surface area contributed by atoms with Crippen LogP contribution in [-0.4, -0.2) is 27.3 Å². The minimum Gasteiger partial charge on any atom is -0.387 e. The molecule has 0 fully saturated rings. The van der Waals surface area contributed by atoms with Gasteiger partial charge in [-0.3, -0.25) is 9.48 Å². The molecule has 0 aliphatic carbocycles. The number of aryl methyl sites for hydroxylation is 1. The number of alkyl halides is 3. The summed E-state index contributed by atoms with van der Waals surface area (Å²) in [5.74, 6) is 0.00303. The second-order valence-electron chi connectivity index (χ2n) is 6.59. The SMILES string of the molecule is CC(C)Cc1cc(C(=O)NC[C@H](O)c2ccc(C(F)(F)F)cc2)n(C)n1. The summed E-state index contributed by atoms with van der Waals surface area (Å²) in [5.41, 5.74) is 0.671. The Morgan fingerprint density at radius 2 is 1.88 bits per heavy atom. The summed E-state index contributed by atoms with van der Waals surface area (Å²) < 4.78 is 39.1. The number of nitrogens with one attached hydrogen (secondary N) is 1. The number of carbonyl (C=O) groups is 1. The van der Waals surface area contributed by atoms with Crippen molar-refractivity contribution in [2.75, 3.05) is 6.54 Å². The first-order chi connectivity index (χ1) is 12.1. The van der Waals surface area contributed by atoms with Gasteiger partial charge in [-0.1, -0.05) is 26.0 Å². The average Bonchev–Trinajstić information content (AvgIpc) is 2.91. The minimum absolute atomic E-state index is 0.116. The highest BCUT2D eigenvalue weighted by Crippen LogP contribution is 2.29. The van der Waals surface area contributed by atoms with E-state index in [2.05, 4.69) is 24.3 Å². The number of rotatable bonds is 6. The number of nitrogens with zero attached hydrogens (tertiary/aromatic N) is 2. The summed E-state index contributed by atoms with van der Waals surface area (Å²) in [6.07, 6.45) is -4.79. The molecule has 0 radical (unpaired) electrons. The zero-order chi connectivity index (χ0) is 19.5. The molecule has 2 aromatic rings. The Labute approximate surface area is 149 Å². The van der Waals surface area contributed by atoms with Crippen LogP contribution in [0.15, 0.2) is 30.3 Å². The van der Waals surface area contributed by atoms with Crippen molar-refractivity contribution in [1.82, 2.24) is 15.1 Å². The van der Waals surface area contributed by atoms with Crippen molar-refractivity contribution in [3.05, 3.63) is 52.8 Å². The van der Waals surface area contributed by atoms with Gasteiger partial charge in [0.15, 0.2) is 0 Å². The molecule has 0 aliphatic heterocycles. The van der Waals surface area contributed by atoms with E-state index in [-0.39, 0.29) is 6.54 Å². The number of carbonyl (C=O) groups excluding carboxylic acids is 1. The zero-order valence-electron chi connectivity index (χ0n) is 14.8. The lowest BCUT2D eigenvalue weighted by atomic mass is 10.1. The van der Waals surface area contributed by atoms with Gasteiger partial charge >= 0.3 is 6.18 Å². The molecule has 0 unspecified atom stereocenters. The maximum Gasteiger partial charge on any atom is 0.416 e. The Kier molecular flexibility index (Phi) is 6.07. The predicted molar refractivity (Wildman–Crippen MR) is 90.5 cm³/mol. The Bertz CT molecular complexity index is 752. The van der Waals surface area contributed by atoms with Crippen molar-refractivity contribution < 1.29 is 23.1 Å². The highest BCUT2D eigenvalue weighted by molar-refractivity contribution is 5.92. The fourth-order valence-electron chi connectivity index (χ4n) is 2.55. The van der Waals surface area contributed by atoms with E-state index in [0.29, 0.717) is 17.2 Å². The van der Waals surface area contributed by atoms with Gasteiger partial charge in [0.1, 0.15) is 5.69 Å². The molecule has 2 rings (SSSR count). The summed E-state index contributed by atoms with van der Waals surface area (Å²) in [6.45, 7) is 3.98. The molecule has 1 aromatic heterocycles. The molecule has 26 heavy (non-hydrogen) atoms. The second kappa shape index (κ2) is 7.90. The number of aliphatic hydroxyl groups is 1. The van der Waals surface area contributed by atoms with Crippen LogP contribution in [0.2, 0.25) is 0 Å². The lowest BCUT2D eigenvalue weighted by Crippen LogP contribution is -2.29. The summed E-state index contributed by atoms with van der Waals surface area (Å²) in [7, 11) is 1.66. The van der Waals surface area contributed by atoms with Gasteiger partial charge in [-0.15, -0.1) is 0 Å². The number of hydrogen-bond donors (Lipinski definition) is 2. The number of halogens is 3. The molecule has 1 heterocycles.